The monoisotopic (exact) mass is 366 g/mol. The zero-order valence-corrected chi connectivity index (χ0v) is 15.2. The summed E-state index contributed by atoms with van der Waals surface area (Å²) in [5.41, 5.74) is 3.70. The van der Waals surface area contributed by atoms with Crippen LogP contribution in [0.2, 0.25) is 0 Å². The number of ether oxygens (including phenoxy) is 1. The first-order valence-electron chi connectivity index (χ1n) is 8.88. The van der Waals surface area contributed by atoms with E-state index < -0.39 is 5.97 Å². The van der Waals surface area contributed by atoms with Crippen molar-refractivity contribution < 1.29 is 19.2 Å². The summed E-state index contributed by atoms with van der Waals surface area (Å²) in [5, 5.41) is 6.82. The van der Waals surface area contributed by atoms with E-state index in [1.54, 1.807) is 24.3 Å². The maximum absolute atomic E-state index is 12.1. The molecule has 6 heteroatoms. The molecule has 0 aromatic heterocycles. The third-order valence-corrected chi connectivity index (χ3v) is 4.51. The minimum atomic E-state index is -0.393. The fourth-order valence-corrected chi connectivity index (χ4v) is 3.16. The fourth-order valence-electron chi connectivity index (χ4n) is 3.16. The van der Waals surface area contributed by atoms with Crippen LogP contribution in [-0.4, -0.2) is 31.8 Å². The molecule has 0 saturated heterocycles. The van der Waals surface area contributed by atoms with Crippen molar-refractivity contribution >= 4 is 18.1 Å². The third-order valence-electron chi connectivity index (χ3n) is 4.51. The van der Waals surface area contributed by atoms with Gasteiger partial charge in [-0.1, -0.05) is 41.6 Å². The van der Waals surface area contributed by atoms with Crippen molar-refractivity contribution in [3.63, 3.8) is 0 Å². The van der Waals surface area contributed by atoms with E-state index in [2.05, 4.69) is 27.3 Å². The Labute approximate surface area is 158 Å². The second-order valence-electron chi connectivity index (χ2n) is 6.33. The zero-order chi connectivity index (χ0) is 19.1. The molecule has 1 atom stereocenters. The number of amides is 1. The number of oxime groups is 1. The van der Waals surface area contributed by atoms with Gasteiger partial charge >= 0.3 is 5.97 Å². The smallest absolute Gasteiger partial charge is 0.337 e. The molecule has 3 rings (SSSR count). The summed E-state index contributed by atoms with van der Waals surface area (Å²) in [6.45, 7) is -0.143. The number of benzene rings is 2. The molecule has 0 radical (unpaired) electrons. The van der Waals surface area contributed by atoms with E-state index >= 15 is 0 Å². The highest BCUT2D eigenvalue weighted by Gasteiger charge is 2.21. The van der Waals surface area contributed by atoms with Crippen molar-refractivity contribution in [2.45, 2.75) is 25.3 Å². The largest absolute Gasteiger partial charge is 0.465 e. The molecular weight excluding hydrogens is 344 g/mol. The summed E-state index contributed by atoms with van der Waals surface area (Å²) in [6, 6.07) is 14.9. The van der Waals surface area contributed by atoms with E-state index in [1.165, 1.54) is 24.5 Å². The lowest BCUT2D eigenvalue weighted by Gasteiger charge is -2.26. The number of carbonyl (C=O) groups is 2. The first kappa shape index (κ1) is 18.6. The zero-order valence-electron chi connectivity index (χ0n) is 15.2. The van der Waals surface area contributed by atoms with Crippen molar-refractivity contribution in [2.75, 3.05) is 13.7 Å². The number of esters is 1. The first-order valence-corrected chi connectivity index (χ1v) is 8.88. The van der Waals surface area contributed by atoms with Crippen molar-refractivity contribution in [3.8, 4) is 0 Å². The van der Waals surface area contributed by atoms with Crippen LogP contribution in [0.25, 0.3) is 0 Å². The SMILES string of the molecule is COC(=O)c1ccc(C=NOCC(=O)NC2CCCc3ccccc32)cc1. The Kier molecular flexibility index (Phi) is 6.20. The van der Waals surface area contributed by atoms with Crippen molar-refractivity contribution in [1.82, 2.24) is 5.32 Å². The van der Waals surface area contributed by atoms with Crippen molar-refractivity contribution in [1.29, 1.82) is 0 Å². The number of hydrogen-bond acceptors (Lipinski definition) is 5. The van der Waals surface area contributed by atoms with Crippen molar-refractivity contribution in [3.05, 3.63) is 70.8 Å². The van der Waals surface area contributed by atoms with Crippen LogP contribution in [0.15, 0.2) is 53.7 Å². The van der Waals surface area contributed by atoms with Crippen LogP contribution in [-0.2, 0) is 20.8 Å². The summed E-state index contributed by atoms with van der Waals surface area (Å²) in [7, 11) is 1.34. The number of aryl methyl sites for hydroxylation is 1. The first-order chi connectivity index (χ1) is 13.2. The number of fused-ring (bicyclic) bond motifs is 1. The fraction of sp³-hybridized carbons (Fsp3) is 0.286. The third kappa shape index (κ3) is 4.94. The molecule has 0 spiro atoms. The maximum Gasteiger partial charge on any atom is 0.337 e. The average molecular weight is 366 g/mol. The van der Waals surface area contributed by atoms with E-state index in [0.29, 0.717) is 5.56 Å². The molecule has 1 aliphatic carbocycles. The highest BCUT2D eigenvalue weighted by Crippen LogP contribution is 2.29. The molecular formula is C21H22N2O4. The number of rotatable bonds is 6. The summed E-state index contributed by atoms with van der Waals surface area (Å²) in [6.07, 6.45) is 4.53. The van der Waals surface area contributed by atoms with Crippen molar-refractivity contribution in [2.24, 2.45) is 5.16 Å². The average Bonchev–Trinajstić information content (AvgIpc) is 2.71. The van der Waals surface area contributed by atoms with Gasteiger partial charge in [-0.2, -0.15) is 0 Å². The van der Waals surface area contributed by atoms with Crippen LogP contribution in [0.5, 0.6) is 0 Å². The Morgan fingerprint density at radius 3 is 2.74 bits per heavy atom. The standard InChI is InChI=1S/C21H22N2O4/c1-26-21(25)17-11-9-15(10-12-17)13-22-27-14-20(24)23-19-8-4-6-16-5-2-3-7-18(16)19/h2-3,5,7,9-13,19H,4,6,8,14H2,1H3,(H,23,24). The Morgan fingerprint density at radius 2 is 1.96 bits per heavy atom. The second-order valence-corrected chi connectivity index (χ2v) is 6.33. The Hall–Kier alpha value is -3.15. The van der Waals surface area contributed by atoms with E-state index in [-0.39, 0.29) is 18.6 Å². The number of carbonyl (C=O) groups excluding carboxylic acids is 2. The molecule has 1 amide bonds. The molecule has 140 valence electrons. The summed E-state index contributed by atoms with van der Waals surface area (Å²) >= 11 is 0. The molecule has 2 aromatic carbocycles. The topological polar surface area (TPSA) is 77.0 Å². The van der Waals surface area contributed by atoms with Crippen LogP contribution in [0.3, 0.4) is 0 Å². The normalized spacial score (nSPS) is 15.8. The van der Waals surface area contributed by atoms with Crippen LogP contribution >= 0.6 is 0 Å². The predicted octanol–water partition coefficient (Wildman–Crippen LogP) is 3.02. The highest BCUT2D eigenvalue weighted by atomic mass is 16.6. The van der Waals surface area contributed by atoms with E-state index in [9.17, 15) is 9.59 Å². The van der Waals surface area contributed by atoms with Gasteiger partial charge in [0, 0.05) is 0 Å². The lowest BCUT2D eigenvalue weighted by molar-refractivity contribution is -0.126. The lowest BCUT2D eigenvalue weighted by atomic mass is 9.88. The quantitative estimate of drug-likeness (QED) is 0.484. The highest BCUT2D eigenvalue weighted by molar-refractivity contribution is 5.90. The van der Waals surface area contributed by atoms with Gasteiger partial charge in [0.1, 0.15) is 0 Å². The number of nitrogens with one attached hydrogen (secondary N) is 1. The van der Waals surface area contributed by atoms with Crippen LogP contribution < -0.4 is 5.32 Å². The lowest BCUT2D eigenvalue weighted by Crippen LogP contribution is -2.33. The van der Waals surface area contributed by atoms with Gasteiger partial charge in [0.2, 0.25) is 0 Å². The van der Waals surface area contributed by atoms with Gasteiger partial charge in [0.05, 0.1) is 24.9 Å². The molecule has 1 aliphatic rings. The summed E-state index contributed by atoms with van der Waals surface area (Å²) < 4.78 is 4.64. The molecule has 0 bridgehead atoms. The molecule has 0 saturated carbocycles. The molecule has 27 heavy (non-hydrogen) atoms. The van der Waals surface area contributed by atoms with Gasteiger partial charge in [-0.25, -0.2) is 4.79 Å². The Bertz CT molecular complexity index is 830. The van der Waals surface area contributed by atoms with Gasteiger partial charge in [-0.3, -0.25) is 4.79 Å². The number of methoxy groups -OCH3 is 1. The number of hydrogen-bond donors (Lipinski definition) is 1. The minimum absolute atomic E-state index is 0.0286. The summed E-state index contributed by atoms with van der Waals surface area (Å²) in [4.78, 5) is 28.6. The molecule has 6 nitrogen and oxygen atoms in total. The number of nitrogens with zero attached hydrogens (tertiary/aromatic N) is 1. The van der Waals surface area contributed by atoms with Crippen LogP contribution in [0, 0.1) is 0 Å². The molecule has 0 aliphatic heterocycles. The van der Waals surface area contributed by atoms with Gasteiger partial charge in [0.15, 0.2) is 6.61 Å². The van der Waals surface area contributed by atoms with Crippen LogP contribution in [0.4, 0.5) is 0 Å². The predicted molar refractivity (Wildman–Crippen MR) is 102 cm³/mol. The van der Waals surface area contributed by atoms with Gasteiger partial charge in [-0.05, 0) is 48.1 Å². The van der Waals surface area contributed by atoms with E-state index in [0.717, 1.165) is 24.8 Å². The van der Waals surface area contributed by atoms with Gasteiger partial charge in [0.25, 0.3) is 5.91 Å². The molecule has 1 unspecified atom stereocenters. The Morgan fingerprint density at radius 1 is 1.19 bits per heavy atom. The van der Waals surface area contributed by atoms with Crippen LogP contribution in [0.1, 0.15) is 45.9 Å². The molecule has 0 heterocycles. The summed E-state index contributed by atoms with van der Waals surface area (Å²) in [5.74, 6) is -0.592. The van der Waals surface area contributed by atoms with Gasteiger partial charge < -0.3 is 14.9 Å². The van der Waals surface area contributed by atoms with E-state index in [1.807, 2.05) is 12.1 Å². The second kappa shape index (κ2) is 8.98. The molecule has 1 N–H and O–H groups in total. The maximum atomic E-state index is 12.1. The molecule has 2 aromatic rings. The molecule has 0 fully saturated rings. The minimum Gasteiger partial charge on any atom is -0.465 e. The Balaban J connectivity index is 1.47. The van der Waals surface area contributed by atoms with E-state index in [4.69, 9.17) is 4.84 Å². The van der Waals surface area contributed by atoms with Gasteiger partial charge in [-0.15, -0.1) is 0 Å².